The van der Waals surface area contributed by atoms with E-state index in [1.165, 1.54) is 25.1 Å². The Morgan fingerprint density at radius 3 is 2.10 bits per heavy atom. The Bertz CT molecular complexity index is 863. The predicted octanol–water partition coefficient (Wildman–Crippen LogP) is 6.38. The number of alkyl halides is 3. The van der Waals surface area contributed by atoms with Gasteiger partial charge >= 0.3 is 6.18 Å². The lowest BCUT2D eigenvalue weighted by molar-refractivity contribution is -0.0883. The van der Waals surface area contributed by atoms with E-state index < -0.39 is 23.4 Å². The van der Waals surface area contributed by atoms with Crippen molar-refractivity contribution in [3.63, 3.8) is 0 Å². The third kappa shape index (κ3) is 5.82. The summed E-state index contributed by atoms with van der Waals surface area (Å²) in [5.74, 6) is -1.29. The molecule has 0 spiro atoms. The molecule has 0 heterocycles. The fourth-order valence-electron chi connectivity index (χ4n) is 2.71. The van der Waals surface area contributed by atoms with Gasteiger partial charge in [0.05, 0.1) is 5.57 Å². The molecule has 2 aromatic carbocycles. The summed E-state index contributed by atoms with van der Waals surface area (Å²) in [7, 11) is 1.71. The SMILES string of the molecule is C/C=C(\C=C(\c1ccc(NCc2c(F)cccc2F)cc1)N(C)CC)C(F)(F)F. The number of nitrogens with one attached hydrogen (secondary N) is 1. The first kappa shape index (κ1) is 22.5. The van der Waals surface area contributed by atoms with Crippen molar-refractivity contribution in [1.82, 2.24) is 4.90 Å². The molecule has 0 saturated carbocycles. The number of anilines is 1. The molecular formula is C22H23F5N2. The number of allylic oxidation sites excluding steroid dienone is 3. The van der Waals surface area contributed by atoms with Crippen LogP contribution in [0.3, 0.4) is 0 Å². The molecule has 0 bridgehead atoms. The van der Waals surface area contributed by atoms with Gasteiger partial charge in [0.25, 0.3) is 0 Å². The van der Waals surface area contributed by atoms with Crippen LogP contribution in [0.25, 0.3) is 5.70 Å². The summed E-state index contributed by atoms with van der Waals surface area (Å²) in [6.07, 6.45) is -2.30. The summed E-state index contributed by atoms with van der Waals surface area (Å²) >= 11 is 0. The van der Waals surface area contributed by atoms with Gasteiger partial charge in [-0.2, -0.15) is 13.2 Å². The third-order valence-corrected chi connectivity index (χ3v) is 4.53. The van der Waals surface area contributed by atoms with Gasteiger partial charge in [-0.3, -0.25) is 0 Å². The van der Waals surface area contributed by atoms with E-state index in [0.717, 1.165) is 12.2 Å². The molecule has 2 nitrogen and oxygen atoms in total. The Hall–Kier alpha value is -2.83. The molecule has 0 aliphatic carbocycles. The van der Waals surface area contributed by atoms with Crippen LogP contribution in [0.4, 0.5) is 27.6 Å². The summed E-state index contributed by atoms with van der Waals surface area (Å²) in [5, 5.41) is 2.92. The average Bonchev–Trinajstić information content (AvgIpc) is 2.67. The minimum atomic E-state index is -4.44. The zero-order chi connectivity index (χ0) is 21.6. The summed E-state index contributed by atoms with van der Waals surface area (Å²) in [6.45, 7) is 3.66. The number of halogens is 5. The molecule has 1 N–H and O–H groups in total. The van der Waals surface area contributed by atoms with Crippen LogP contribution in [0.15, 0.2) is 60.2 Å². The minimum Gasteiger partial charge on any atom is -0.381 e. The smallest absolute Gasteiger partial charge is 0.381 e. The third-order valence-electron chi connectivity index (χ3n) is 4.53. The molecule has 0 radical (unpaired) electrons. The molecule has 0 aliphatic rings. The van der Waals surface area contributed by atoms with Crippen molar-refractivity contribution in [1.29, 1.82) is 0 Å². The van der Waals surface area contributed by atoms with E-state index in [4.69, 9.17) is 0 Å². The van der Waals surface area contributed by atoms with Gasteiger partial charge in [-0.05, 0) is 49.8 Å². The summed E-state index contributed by atoms with van der Waals surface area (Å²) in [4.78, 5) is 1.71. The Morgan fingerprint density at radius 2 is 1.62 bits per heavy atom. The van der Waals surface area contributed by atoms with Crippen LogP contribution in [0.2, 0.25) is 0 Å². The van der Waals surface area contributed by atoms with E-state index in [-0.39, 0.29) is 12.1 Å². The van der Waals surface area contributed by atoms with E-state index in [2.05, 4.69) is 5.32 Å². The highest BCUT2D eigenvalue weighted by molar-refractivity contribution is 5.68. The van der Waals surface area contributed by atoms with Gasteiger partial charge < -0.3 is 10.2 Å². The monoisotopic (exact) mass is 410 g/mol. The summed E-state index contributed by atoms with van der Waals surface area (Å²) in [6, 6.07) is 10.3. The zero-order valence-corrected chi connectivity index (χ0v) is 16.4. The number of benzene rings is 2. The molecule has 2 rings (SSSR count). The van der Waals surface area contributed by atoms with Gasteiger partial charge in [-0.25, -0.2) is 8.78 Å². The second-order valence-corrected chi connectivity index (χ2v) is 6.42. The van der Waals surface area contributed by atoms with Crippen LogP contribution in [0.5, 0.6) is 0 Å². The number of hydrogen-bond acceptors (Lipinski definition) is 2. The van der Waals surface area contributed by atoms with Crippen LogP contribution >= 0.6 is 0 Å². The van der Waals surface area contributed by atoms with Gasteiger partial charge in [-0.15, -0.1) is 0 Å². The van der Waals surface area contributed by atoms with Crippen molar-refractivity contribution in [3.05, 3.63) is 83.0 Å². The van der Waals surface area contributed by atoms with E-state index in [9.17, 15) is 22.0 Å². The van der Waals surface area contributed by atoms with E-state index in [1.54, 1.807) is 36.2 Å². The summed E-state index contributed by atoms with van der Waals surface area (Å²) < 4.78 is 66.9. The van der Waals surface area contributed by atoms with Gasteiger partial charge in [0.1, 0.15) is 11.6 Å². The van der Waals surface area contributed by atoms with Crippen molar-refractivity contribution in [3.8, 4) is 0 Å². The van der Waals surface area contributed by atoms with E-state index in [1.807, 2.05) is 6.92 Å². The van der Waals surface area contributed by atoms with Crippen LogP contribution in [0.1, 0.15) is 25.0 Å². The largest absolute Gasteiger partial charge is 0.416 e. The fraction of sp³-hybridized carbons (Fsp3) is 0.273. The molecular weight excluding hydrogens is 387 g/mol. The van der Waals surface area contributed by atoms with Gasteiger partial charge in [0.2, 0.25) is 0 Å². The second kappa shape index (κ2) is 9.58. The molecule has 0 unspecified atom stereocenters. The first-order valence-corrected chi connectivity index (χ1v) is 9.10. The maximum Gasteiger partial charge on any atom is 0.416 e. The molecule has 0 aliphatic heterocycles. The first-order chi connectivity index (χ1) is 13.7. The van der Waals surface area contributed by atoms with Crippen molar-refractivity contribution in [2.75, 3.05) is 18.9 Å². The van der Waals surface area contributed by atoms with Crippen molar-refractivity contribution in [2.45, 2.75) is 26.6 Å². The standard InChI is InChI=1S/C22H23F5N2/c1-4-16(22(25,26)27)13-21(29(3)5-2)15-9-11-17(12-10-15)28-14-18-19(23)7-6-8-20(18)24/h4,6-13,28H,5,14H2,1-3H3/b16-4+,21-13-. The van der Waals surface area contributed by atoms with Crippen molar-refractivity contribution >= 4 is 11.4 Å². The van der Waals surface area contributed by atoms with Crippen molar-refractivity contribution < 1.29 is 22.0 Å². The van der Waals surface area contributed by atoms with Gasteiger partial charge in [-0.1, -0.05) is 24.3 Å². The zero-order valence-electron chi connectivity index (χ0n) is 16.4. The maximum atomic E-state index is 13.7. The molecule has 0 amide bonds. The predicted molar refractivity (Wildman–Crippen MR) is 106 cm³/mol. The van der Waals surface area contributed by atoms with E-state index in [0.29, 0.717) is 23.5 Å². The molecule has 0 atom stereocenters. The van der Waals surface area contributed by atoms with Crippen molar-refractivity contribution in [2.24, 2.45) is 0 Å². The molecule has 0 saturated heterocycles. The fourth-order valence-corrected chi connectivity index (χ4v) is 2.71. The Kier molecular flexibility index (Phi) is 7.42. The first-order valence-electron chi connectivity index (χ1n) is 9.10. The van der Waals surface area contributed by atoms with E-state index >= 15 is 0 Å². The van der Waals surface area contributed by atoms with Crippen LogP contribution in [-0.4, -0.2) is 24.7 Å². The average molecular weight is 410 g/mol. The Balaban J connectivity index is 2.25. The van der Waals surface area contributed by atoms with Gasteiger partial charge in [0.15, 0.2) is 0 Å². The van der Waals surface area contributed by atoms with Crippen LogP contribution in [-0.2, 0) is 6.54 Å². The highest BCUT2D eigenvalue weighted by atomic mass is 19.4. The molecule has 29 heavy (non-hydrogen) atoms. The molecule has 0 aromatic heterocycles. The highest BCUT2D eigenvalue weighted by Gasteiger charge is 2.32. The Morgan fingerprint density at radius 1 is 1.03 bits per heavy atom. The highest BCUT2D eigenvalue weighted by Crippen LogP contribution is 2.30. The summed E-state index contributed by atoms with van der Waals surface area (Å²) in [5.41, 5.74) is 0.804. The lowest BCUT2D eigenvalue weighted by Gasteiger charge is -2.23. The van der Waals surface area contributed by atoms with Gasteiger partial charge in [0, 0.05) is 37.1 Å². The molecule has 2 aromatic rings. The number of rotatable bonds is 7. The molecule has 156 valence electrons. The number of nitrogens with zero attached hydrogens (tertiary/aromatic N) is 1. The molecule has 7 heteroatoms. The lowest BCUT2D eigenvalue weighted by Crippen LogP contribution is -2.18. The second-order valence-electron chi connectivity index (χ2n) is 6.42. The minimum absolute atomic E-state index is 0.0494. The number of hydrogen-bond donors (Lipinski definition) is 1. The maximum absolute atomic E-state index is 13.7. The molecule has 0 fully saturated rings. The lowest BCUT2D eigenvalue weighted by atomic mass is 10.1. The van der Waals surface area contributed by atoms with Crippen LogP contribution < -0.4 is 5.32 Å². The van der Waals surface area contributed by atoms with Crippen LogP contribution in [0, 0.1) is 11.6 Å². The normalized spacial score (nSPS) is 12.8. The Labute approximate surface area is 167 Å². The topological polar surface area (TPSA) is 15.3 Å². The quantitative estimate of drug-likeness (QED) is 0.421.